The fraction of sp³-hybridized carbons (Fsp3) is 0.435. The van der Waals surface area contributed by atoms with E-state index in [0.29, 0.717) is 18.4 Å². The minimum atomic E-state index is -4.41. The number of amides is 1. The van der Waals surface area contributed by atoms with Crippen LogP contribution < -0.4 is 5.32 Å². The first-order valence-corrected chi connectivity index (χ1v) is 12.1. The zero-order valence-electron chi connectivity index (χ0n) is 18.2. The van der Waals surface area contributed by atoms with Crippen LogP contribution in [-0.4, -0.2) is 49.0 Å². The maximum Gasteiger partial charge on any atom is 0.416 e. The second kappa shape index (κ2) is 10.2. The molecule has 3 rings (SSSR count). The van der Waals surface area contributed by atoms with Crippen LogP contribution in [-0.2, 0) is 27.4 Å². The van der Waals surface area contributed by atoms with Gasteiger partial charge in [0.05, 0.1) is 10.5 Å². The maximum atomic E-state index is 12.8. The van der Waals surface area contributed by atoms with E-state index in [-0.39, 0.29) is 36.9 Å². The van der Waals surface area contributed by atoms with Crippen LogP contribution in [0.25, 0.3) is 0 Å². The van der Waals surface area contributed by atoms with Gasteiger partial charge < -0.3 is 10.4 Å². The number of aliphatic hydroxyl groups is 1. The summed E-state index contributed by atoms with van der Waals surface area (Å²) in [6.07, 6.45) is -4.56. The van der Waals surface area contributed by atoms with E-state index in [4.69, 9.17) is 0 Å². The molecule has 180 valence electrons. The normalized spacial score (nSPS) is 17.0. The lowest BCUT2D eigenvalue weighted by Crippen LogP contribution is -2.48. The molecule has 1 fully saturated rings. The number of piperidine rings is 1. The highest BCUT2D eigenvalue weighted by Gasteiger charge is 2.31. The summed E-state index contributed by atoms with van der Waals surface area (Å²) < 4.78 is 64.9. The number of nitrogens with one attached hydrogen (secondary N) is 1. The Hall–Kier alpha value is -2.43. The highest BCUT2D eigenvalue weighted by Crippen LogP contribution is 2.29. The van der Waals surface area contributed by atoms with E-state index < -0.39 is 33.8 Å². The van der Waals surface area contributed by atoms with Crippen LogP contribution in [0.5, 0.6) is 0 Å². The number of aryl methyl sites for hydroxylation is 2. The van der Waals surface area contributed by atoms with Crippen LogP contribution in [0.15, 0.2) is 53.4 Å². The molecule has 10 heteroatoms. The largest absolute Gasteiger partial charge is 0.416 e. The van der Waals surface area contributed by atoms with Crippen LogP contribution in [0.3, 0.4) is 0 Å². The standard InChI is InChI=1S/C23H27F3N2O4S/c1-16-3-2-4-20(15-16)33(31,32)28-13-11-19(12-14-28)27-22(30)21(29)10-7-17-5-8-18(9-6-17)23(24,25)26/h2-6,8-9,15,19,21,29H,7,10-14H2,1H3,(H,27,30). The molecule has 0 saturated carbocycles. The highest BCUT2D eigenvalue weighted by molar-refractivity contribution is 7.89. The van der Waals surface area contributed by atoms with Crippen LogP contribution >= 0.6 is 0 Å². The van der Waals surface area contributed by atoms with E-state index in [1.54, 1.807) is 18.2 Å². The predicted octanol–water partition coefficient (Wildman–Crippen LogP) is 3.28. The van der Waals surface area contributed by atoms with Gasteiger partial charge in [-0.15, -0.1) is 0 Å². The maximum absolute atomic E-state index is 12.8. The predicted molar refractivity (Wildman–Crippen MR) is 117 cm³/mol. The van der Waals surface area contributed by atoms with Crippen molar-refractivity contribution in [3.63, 3.8) is 0 Å². The molecule has 1 heterocycles. The van der Waals surface area contributed by atoms with Crippen molar-refractivity contribution in [3.05, 3.63) is 65.2 Å². The molecular formula is C23H27F3N2O4S. The summed E-state index contributed by atoms with van der Waals surface area (Å²) in [5.74, 6) is -0.568. The molecule has 6 nitrogen and oxygen atoms in total. The summed E-state index contributed by atoms with van der Waals surface area (Å²) in [5.41, 5.74) is 0.688. The first-order valence-electron chi connectivity index (χ1n) is 10.7. The molecule has 1 aliphatic rings. The topological polar surface area (TPSA) is 86.7 Å². The number of hydrogen-bond donors (Lipinski definition) is 2. The molecule has 1 aliphatic heterocycles. The Labute approximate surface area is 191 Å². The van der Waals surface area contributed by atoms with Gasteiger partial charge in [-0.05, 0) is 68.0 Å². The lowest BCUT2D eigenvalue weighted by Gasteiger charge is -2.32. The Morgan fingerprint density at radius 2 is 1.79 bits per heavy atom. The summed E-state index contributed by atoms with van der Waals surface area (Å²) in [5, 5.41) is 12.9. The van der Waals surface area contributed by atoms with E-state index in [2.05, 4.69) is 5.32 Å². The lowest BCUT2D eigenvalue weighted by molar-refractivity contribution is -0.137. The van der Waals surface area contributed by atoms with Crippen molar-refractivity contribution < 1.29 is 31.5 Å². The van der Waals surface area contributed by atoms with Crippen LogP contribution in [0.1, 0.15) is 36.0 Å². The molecule has 1 saturated heterocycles. The molecule has 2 aromatic carbocycles. The number of carbonyl (C=O) groups is 1. The molecule has 33 heavy (non-hydrogen) atoms. The Bertz CT molecular complexity index is 1060. The molecule has 0 spiro atoms. The third kappa shape index (κ3) is 6.55. The summed E-state index contributed by atoms with van der Waals surface area (Å²) in [7, 11) is -3.60. The van der Waals surface area contributed by atoms with Gasteiger partial charge in [0.15, 0.2) is 0 Å². The van der Waals surface area contributed by atoms with Gasteiger partial charge in [-0.25, -0.2) is 8.42 Å². The summed E-state index contributed by atoms with van der Waals surface area (Å²) in [6.45, 7) is 2.33. The molecule has 0 bridgehead atoms. The monoisotopic (exact) mass is 484 g/mol. The number of sulfonamides is 1. The van der Waals surface area contributed by atoms with E-state index in [1.165, 1.54) is 16.4 Å². The Morgan fingerprint density at radius 3 is 2.36 bits per heavy atom. The molecule has 1 amide bonds. The van der Waals surface area contributed by atoms with Gasteiger partial charge in [0.25, 0.3) is 0 Å². The van der Waals surface area contributed by atoms with Gasteiger partial charge in [0, 0.05) is 19.1 Å². The van der Waals surface area contributed by atoms with Crippen molar-refractivity contribution in [1.82, 2.24) is 9.62 Å². The number of halogens is 3. The van der Waals surface area contributed by atoms with Crippen molar-refractivity contribution >= 4 is 15.9 Å². The van der Waals surface area contributed by atoms with E-state index in [9.17, 15) is 31.5 Å². The summed E-state index contributed by atoms with van der Waals surface area (Å²) in [4.78, 5) is 12.6. The average Bonchev–Trinajstić information content (AvgIpc) is 2.77. The summed E-state index contributed by atoms with van der Waals surface area (Å²) >= 11 is 0. The minimum absolute atomic E-state index is 0.0672. The molecule has 0 aliphatic carbocycles. The lowest BCUT2D eigenvalue weighted by atomic mass is 10.0. The number of aliphatic hydroxyl groups excluding tert-OH is 1. The number of nitrogens with zero attached hydrogens (tertiary/aromatic N) is 1. The number of carbonyl (C=O) groups excluding carboxylic acids is 1. The molecule has 1 unspecified atom stereocenters. The number of benzene rings is 2. The molecular weight excluding hydrogens is 457 g/mol. The van der Waals surface area contributed by atoms with Crippen molar-refractivity contribution in [2.75, 3.05) is 13.1 Å². The van der Waals surface area contributed by atoms with Crippen LogP contribution in [0.2, 0.25) is 0 Å². The SMILES string of the molecule is Cc1cccc(S(=O)(=O)N2CCC(NC(=O)C(O)CCc3ccc(C(F)(F)F)cc3)CC2)c1. The van der Waals surface area contributed by atoms with Crippen molar-refractivity contribution in [3.8, 4) is 0 Å². The number of hydrogen-bond acceptors (Lipinski definition) is 4. The van der Waals surface area contributed by atoms with Gasteiger partial charge in [-0.3, -0.25) is 4.79 Å². The summed E-state index contributed by atoms with van der Waals surface area (Å²) in [6, 6.07) is 11.0. The molecule has 2 N–H and O–H groups in total. The van der Waals surface area contributed by atoms with Crippen LogP contribution in [0, 0.1) is 6.92 Å². The highest BCUT2D eigenvalue weighted by atomic mass is 32.2. The van der Waals surface area contributed by atoms with Crippen molar-refractivity contribution in [1.29, 1.82) is 0 Å². The van der Waals surface area contributed by atoms with Gasteiger partial charge in [0.1, 0.15) is 6.10 Å². The Kier molecular flexibility index (Phi) is 7.81. The van der Waals surface area contributed by atoms with Crippen molar-refractivity contribution in [2.24, 2.45) is 0 Å². The number of alkyl halides is 3. The molecule has 1 atom stereocenters. The van der Waals surface area contributed by atoms with E-state index in [0.717, 1.165) is 17.7 Å². The smallest absolute Gasteiger partial charge is 0.383 e. The van der Waals surface area contributed by atoms with Crippen molar-refractivity contribution in [2.45, 2.75) is 55.8 Å². The quantitative estimate of drug-likeness (QED) is 0.632. The average molecular weight is 485 g/mol. The third-order valence-corrected chi connectivity index (χ3v) is 7.61. The first-order chi connectivity index (χ1) is 15.5. The minimum Gasteiger partial charge on any atom is -0.383 e. The van der Waals surface area contributed by atoms with Crippen LogP contribution in [0.4, 0.5) is 13.2 Å². The van der Waals surface area contributed by atoms with E-state index in [1.807, 2.05) is 13.0 Å². The fourth-order valence-corrected chi connectivity index (χ4v) is 5.33. The molecule has 0 aromatic heterocycles. The van der Waals surface area contributed by atoms with Gasteiger partial charge in [-0.2, -0.15) is 17.5 Å². The fourth-order valence-electron chi connectivity index (χ4n) is 3.76. The molecule has 0 radical (unpaired) electrons. The second-order valence-electron chi connectivity index (χ2n) is 8.25. The Balaban J connectivity index is 1.46. The second-order valence-corrected chi connectivity index (χ2v) is 10.2. The van der Waals surface area contributed by atoms with Gasteiger partial charge >= 0.3 is 6.18 Å². The zero-order valence-corrected chi connectivity index (χ0v) is 19.0. The third-order valence-electron chi connectivity index (χ3n) is 5.72. The first kappa shape index (κ1) is 25.2. The van der Waals surface area contributed by atoms with E-state index >= 15 is 0 Å². The Morgan fingerprint density at radius 1 is 1.15 bits per heavy atom. The van der Waals surface area contributed by atoms with Gasteiger partial charge in [-0.1, -0.05) is 24.3 Å². The molecule has 2 aromatic rings. The van der Waals surface area contributed by atoms with Gasteiger partial charge in [0.2, 0.25) is 15.9 Å². The zero-order chi connectivity index (χ0) is 24.2. The number of rotatable bonds is 7.